The number of aromatic nitrogens is 2. The van der Waals surface area contributed by atoms with E-state index in [0.717, 1.165) is 16.3 Å². The smallest absolute Gasteiger partial charge is 0.272 e. The average Bonchev–Trinajstić information content (AvgIpc) is 2.94. The van der Waals surface area contributed by atoms with Crippen LogP contribution in [-0.2, 0) is 0 Å². The summed E-state index contributed by atoms with van der Waals surface area (Å²) in [5.41, 5.74) is 2.66. The predicted molar refractivity (Wildman–Crippen MR) is 93.6 cm³/mol. The Labute approximate surface area is 144 Å². The Bertz CT molecular complexity index is 749. The number of carbonyl (C=O) groups is 1. The number of carbonyl (C=O) groups excluding carboxylic acids is 1. The van der Waals surface area contributed by atoms with Crippen LogP contribution in [0.15, 0.2) is 16.4 Å². The van der Waals surface area contributed by atoms with Gasteiger partial charge in [-0.15, -0.1) is 11.3 Å². The molecule has 2 aromatic heterocycles. The number of hydrogen-bond donors (Lipinski definition) is 1. The lowest BCUT2D eigenvalue weighted by Gasteiger charge is -2.08. The van der Waals surface area contributed by atoms with Gasteiger partial charge in [-0.1, -0.05) is 34.2 Å². The normalized spacial score (nSPS) is 16.0. The minimum Gasteiger partial charge on any atom is -0.345 e. The van der Waals surface area contributed by atoms with Crippen molar-refractivity contribution in [3.8, 4) is 0 Å². The molecule has 1 aliphatic rings. The van der Waals surface area contributed by atoms with Crippen LogP contribution in [0.1, 0.15) is 32.0 Å². The third-order valence-corrected chi connectivity index (χ3v) is 5.07. The van der Waals surface area contributed by atoms with Crippen molar-refractivity contribution in [1.29, 1.82) is 0 Å². The number of thiophene rings is 1. The second kappa shape index (κ2) is 5.69. The highest BCUT2D eigenvalue weighted by atomic mass is 127. The molecular weight excluding hydrogens is 423 g/mol. The molecular formula is C13H12ClIN4OS. The van der Waals surface area contributed by atoms with Crippen molar-refractivity contribution >= 4 is 62.8 Å². The van der Waals surface area contributed by atoms with Crippen LogP contribution >= 0.6 is 45.5 Å². The van der Waals surface area contributed by atoms with Crippen LogP contribution in [0.25, 0.3) is 0 Å². The Kier molecular flexibility index (Phi) is 4.06. The molecule has 8 heteroatoms. The molecule has 1 N–H and O–H groups in total. The molecule has 3 heterocycles. The molecule has 0 bridgehead atoms. The van der Waals surface area contributed by atoms with Gasteiger partial charge in [0.1, 0.15) is 9.74 Å². The zero-order chi connectivity index (χ0) is 15.1. The van der Waals surface area contributed by atoms with Crippen LogP contribution < -0.4 is 5.32 Å². The summed E-state index contributed by atoms with van der Waals surface area (Å²) in [5.74, 6) is -0.152. The van der Waals surface area contributed by atoms with Crippen molar-refractivity contribution in [3.05, 3.63) is 32.7 Å². The maximum absolute atomic E-state index is 12.4. The van der Waals surface area contributed by atoms with Gasteiger partial charge in [0.15, 0.2) is 5.69 Å². The second-order valence-electron chi connectivity index (χ2n) is 4.64. The van der Waals surface area contributed by atoms with E-state index in [9.17, 15) is 4.79 Å². The lowest BCUT2D eigenvalue weighted by atomic mass is 10.3. The minimum atomic E-state index is -0.152. The van der Waals surface area contributed by atoms with Crippen molar-refractivity contribution in [3.63, 3.8) is 0 Å². The lowest BCUT2D eigenvalue weighted by molar-refractivity contribution is 0.0950. The van der Waals surface area contributed by atoms with Crippen LogP contribution in [0, 0.1) is 6.92 Å². The third kappa shape index (κ3) is 2.62. The monoisotopic (exact) mass is 434 g/mol. The highest BCUT2D eigenvalue weighted by Gasteiger charge is 2.27. The van der Waals surface area contributed by atoms with E-state index in [0.29, 0.717) is 22.9 Å². The maximum Gasteiger partial charge on any atom is 0.272 e. The number of aryl methyl sites for hydroxylation is 1. The third-order valence-electron chi connectivity index (χ3n) is 3.15. The molecule has 2 aromatic rings. The largest absolute Gasteiger partial charge is 0.345 e. The molecule has 1 atom stereocenters. The van der Waals surface area contributed by atoms with Crippen LogP contribution in [0.4, 0.5) is 5.69 Å². The number of hydrogen-bond acceptors (Lipinski definition) is 4. The Morgan fingerprint density at radius 3 is 2.95 bits per heavy atom. The summed E-state index contributed by atoms with van der Waals surface area (Å²) in [7, 11) is 0. The number of rotatable bonds is 2. The van der Waals surface area contributed by atoms with E-state index >= 15 is 0 Å². The van der Waals surface area contributed by atoms with Crippen molar-refractivity contribution < 1.29 is 4.79 Å². The van der Waals surface area contributed by atoms with Crippen LogP contribution in [-0.4, -0.2) is 27.9 Å². The second-order valence-corrected chi connectivity index (χ2v) is 7.77. The summed E-state index contributed by atoms with van der Waals surface area (Å²) in [4.78, 5) is 17.9. The van der Waals surface area contributed by atoms with Gasteiger partial charge in [0, 0.05) is 0 Å². The predicted octanol–water partition coefficient (Wildman–Crippen LogP) is 3.72. The molecule has 1 unspecified atom stereocenters. The van der Waals surface area contributed by atoms with Gasteiger partial charge in [-0.25, -0.2) is 9.67 Å². The molecule has 0 aliphatic carbocycles. The molecule has 0 radical (unpaired) electrons. The number of aliphatic imine (C=N–C) groups is 1. The van der Waals surface area contributed by atoms with E-state index in [1.165, 1.54) is 11.3 Å². The standard InChI is InChI=1S/C13H12ClIN4OS/c1-6-10-11(19(18-6)7(2)15)13(20)16-5-9(17-10)12-8(14)3-4-21-12/h3-4,7H,5H2,1-2H3,(H,16,20). The van der Waals surface area contributed by atoms with Gasteiger partial charge in [-0.05, 0) is 25.3 Å². The summed E-state index contributed by atoms with van der Waals surface area (Å²) >= 11 is 9.92. The van der Waals surface area contributed by atoms with Crippen molar-refractivity contribution in [2.24, 2.45) is 4.99 Å². The molecule has 0 spiro atoms. The highest BCUT2D eigenvalue weighted by molar-refractivity contribution is 14.1. The Morgan fingerprint density at radius 2 is 2.33 bits per heavy atom. The first kappa shape index (κ1) is 15.0. The Morgan fingerprint density at radius 1 is 1.57 bits per heavy atom. The summed E-state index contributed by atoms with van der Waals surface area (Å²) in [5, 5.41) is 9.89. The molecule has 0 fully saturated rings. The lowest BCUT2D eigenvalue weighted by Crippen LogP contribution is -2.29. The Balaban J connectivity index is 2.18. The van der Waals surface area contributed by atoms with Gasteiger partial charge in [0.25, 0.3) is 5.91 Å². The quantitative estimate of drug-likeness (QED) is 0.578. The number of nitrogens with one attached hydrogen (secondary N) is 1. The summed E-state index contributed by atoms with van der Waals surface area (Å²) in [6.07, 6.45) is 0. The Hall–Kier alpha value is -0.930. The van der Waals surface area contributed by atoms with Gasteiger partial charge < -0.3 is 5.32 Å². The SMILES string of the molecule is Cc1nn(C(C)I)c2c1N=C(c1sccc1Cl)CNC2=O. The van der Waals surface area contributed by atoms with Crippen LogP contribution in [0.5, 0.6) is 0 Å². The summed E-state index contributed by atoms with van der Waals surface area (Å²) in [6, 6.07) is 1.83. The molecule has 21 heavy (non-hydrogen) atoms. The molecule has 0 saturated carbocycles. The summed E-state index contributed by atoms with van der Waals surface area (Å²) in [6.45, 7) is 4.21. The first-order valence-electron chi connectivity index (χ1n) is 6.31. The zero-order valence-corrected chi connectivity index (χ0v) is 15.1. The molecule has 110 valence electrons. The van der Waals surface area contributed by atoms with E-state index in [4.69, 9.17) is 11.6 Å². The summed E-state index contributed by atoms with van der Waals surface area (Å²) < 4.78 is 1.78. The average molecular weight is 435 g/mol. The minimum absolute atomic E-state index is 0.0675. The fourth-order valence-corrected chi connectivity index (χ4v) is 3.75. The number of halogens is 2. The van der Waals surface area contributed by atoms with Gasteiger partial charge >= 0.3 is 0 Å². The highest BCUT2D eigenvalue weighted by Crippen LogP contribution is 2.32. The van der Waals surface area contributed by atoms with E-state index in [1.54, 1.807) is 4.68 Å². The van der Waals surface area contributed by atoms with Crippen molar-refractivity contribution in [2.45, 2.75) is 17.9 Å². The molecule has 0 saturated heterocycles. The van der Waals surface area contributed by atoms with Gasteiger partial charge in [0.2, 0.25) is 0 Å². The van der Waals surface area contributed by atoms with Crippen LogP contribution in [0.2, 0.25) is 5.02 Å². The van der Waals surface area contributed by atoms with Crippen molar-refractivity contribution in [2.75, 3.05) is 6.54 Å². The topological polar surface area (TPSA) is 59.3 Å². The molecule has 5 nitrogen and oxygen atoms in total. The molecule has 0 aromatic carbocycles. The van der Waals surface area contributed by atoms with E-state index in [1.807, 2.05) is 25.3 Å². The maximum atomic E-state index is 12.4. The zero-order valence-electron chi connectivity index (χ0n) is 11.4. The molecule has 1 aliphatic heterocycles. The number of alkyl halides is 1. The number of fused-ring (bicyclic) bond motifs is 1. The molecule has 3 rings (SSSR count). The van der Waals surface area contributed by atoms with Gasteiger partial charge in [-0.3, -0.25) is 4.79 Å². The van der Waals surface area contributed by atoms with Crippen molar-refractivity contribution in [1.82, 2.24) is 15.1 Å². The fraction of sp³-hybridized carbons (Fsp3) is 0.308. The van der Waals surface area contributed by atoms with E-state index < -0.39 is 0 Å². The molecule has 1 amide bonds. The van der Waals surface area contributed by atoms with Crippen LogP contribution in [0.3, 0.4) is 0 Å². The number of amides is 1. The first-order chi connectivity index (χ1) is 9.99. The van der Waals surface area contributed by atoms with Gasteiger partial charge in [0.05, 0.1) is 27.9 Å². The number of nitrogens with zero attached hydrogens (tertiary/aromatic N) is 3. The fourth-order valence-electron chi connectivity index (χ4n) is 2.19. The van der Waals surface area contributed by atoms with E-state index in [-0.39, 0.29) is 9.96 Å². The van der Waals surface area contributed by atoms with E-state index in [2.05, 4.69) is 38.0 Å². The van der Waals surface area contributed by atoms with Gasteiger partial charge in [-0.2, -0.15) is 5.10 Å². The first-order valence-corrected chi connectivity index (χ1v) is 8.81.